The minimum atomic E-state index is -1.35. The van der Waals surface area contributed by atoms with Gasteiger partial charge in [-0.15, -0.1) is 0 Å². The van der Waals surface area contributed by atoms with Gasteiger partial charge in [0.25, 0.3) is 5.91 Å². The molecule has 1 atom stereocenters. The summed E-state index contributed by atoms with van der Waals surface area (Å²) in [5.74, 6) is -1.06. The number of piperazine rings is 1. The highest BCUT2D eigenvalue weighted by Gasteiger charge is 2.48. The zero-order chi connectivity index (χ0) is 24.4. The number of anilines is 1. The van der Waals surface area contributed by atoms with Crippen molar-refractivity contribution >= 4 is 46.8 Å². The average molecular weight is 497 g/mol. The Morgan fingerprint density at radius 1 is 1.12 bits per heavy atom. The van der Waals surface area contributed by atoms with Gasteiger partial charge in [-0.05, 0) is 51.8 Å². The van der Waals surface area contributed by atoms with Gasteiger partial charge in [-0.25, -0.2) is 4.79 Å². The lowest BCUT2D eigenvalue weighted by atomic mass is 9.89. The largest absolute Gasteiger partial charge is 0.460 e. The van der Waals surface area contributed by atoms with Gasteiger partial charge in [0.2, 0.25) is 0 Å². The Bertz CT molecular complexity index is 934. The summed E-state index contributed by atoms with van der Waals surface area (Å²) >= 11 is 12.3. The fourth-order valence-corrected chi connectivity index (χ4v) is 4.57. The minimum absolute atomic E-state index is 0.238. The molecule has 0 aliphatic carbocycles. The van der Waals surface area contributed by atoms with E-state index in [9.17, 15) is 14.4 Å². The van der Waals surface area contributed by atoms with E-state index in [1.807, 2.05) is 12.1 Å². The van der Waals surface area contributed by atoms with Crippen LogP contribution in [0.5, 0.6) is 0 Å². The molecular formula is C23H30Cl2N4O4. The monoisotopic (exact) mass is 496 g/mol. The van der Waals surface area contributed by atoms with Gasteiger partial charge in [0.15, 0.2) is 0 Å². The highest BCUT2D eigenvalue weighted by atomic mass is 35.5. The van der Waals surface area contributed by atoms with Crippen LogP contribution in [-0.2, 0) is 14.3 Å². The van der Waals surface area contributed by atoms with Crippen LogP contribution in [0.4, 0.5) is 10.5 Å². The number of amides is 3. The predicted octanol–water partition coefficient (Wildman–Crippen LogP) is 3.72. The van der Waals surface area contributed by atoms with Crippen molar-refractivity contribution in [2.24, 2.45) is 0 Å². The molecule has 2 N–H and O–H groups in total. The van der Waals surface area contributed by atoms with Crippen molar-refractivity contribution in [3.63, 3.8) is 0 Å². The number of nitrogens with one attached hydrogen (secondary N) is 2. The van der Waals surface area contributed by atoms with Gasteiger partial charge in [0.05, 0.1) is 6.42 Å². The van der Waals surface area contributed by atoms with Gasteiger partial charge in [-0.1, -0.05) is 29.8 Å². The first-order valence-electron chi connectivity index (χ1n) is 10.9. The molecule has 0 bridgehead atoms. The van der Waals surface area contributed by atoms with Gasteiger partial charge >= 0.3 is 12.0 Å². The Kier molecular flexibility index (Phi) is 7.49. The van der Waals surface area contributed by atoms with Crippen molar-refractivity contribution in [3.05, 3.63) is 40.5 Å². The molecular weight excluding hydrogens is 467 g/mol. The van der Waals surface area contributed by atoms with Gasteiger partial charge < -0.3 is 19.9 Å². The summed E-state index contributed by atoms with van der Waals surface area (Å²) in [6, 6.07) is 4.87. The predicted molar refractivity (Wildman–Crippen MR) is 128 cm³/mol. The molecule has 10 heteroatoms. The van der Waals surface area contributed by atoms with Crippen LogP contribution >= 0.6 is 23.2 Å². The second-order valence-corrected chi connectivity index (χ2v) is 10.3. The van der Waals surface area contributed by atoms with Crippen LogP contribution in [-0.4, -0.2) is 60.1 Å². The number of allylic oxidation sites excluding steroid dienone is 1. The lowest BCUT2D eigenvalue weighted by Gasteiger charge is -2.39. The fraction of sp³-hybridized carbons (Fsp3) is 0.522. The van der Waals surface area contributed by atoms with Crippen LogP contribution in [0.25, 0.3) is 0 Å². The van der Waals surface area contributed by atoms with E-state index < -0.39 is 29.0 Å². The number of hydrogen-bond donors (Lipinski definition) is 2. The number of nitrogens with zero attached hydrogens (tertiary/aromatic N) is 2. The Labute approximate surface area is 204 Å². The summed E-state index contributed by atoms with van der Waals surface area (Å²) in [5.41, 5.74) is -0.217. The van der Waals surface area contributed by atoms with E-state index in [1.54, 1.807) is 26.8 Å². The number of rotatable bonds is 7. The smallest absolute Gasteiger partial charge is 0.322 e. The maximum absolute atomic E-state index is 12.6. The van der Waals surface area contributed by atoms with Gasteiger partial charge in [-0.2, -0.15) is 0 Å². The molecule has 3 amide bonds. The zero-order valence-electron chi connectivity index (χ0n) is 19.2. The molecule has 1 aromatic carbocycles. The highest BCUT2D eigenvalue weighted by Crippen LogP contribution is 2.29. The number of benzene rings is 1. The summed E-state index contributed by atoms with van der Waals surface area (Å²) < 4.78 is 5.37. The molecule has 0 aromatic heterocycles. The van der Waals surface area contributed by atoms with Crippen molar-refractivity contribution in [1.82, 2.24) is 15.5 Å². The Hall–Kier alpha value is -2.45. The number of urea groups is 1. The summed E-state index contributed by atoms with van der Waals surface area (Å²) in [7, 11) is 0. The van der Waals surface area contributed by atoms with Crippen LogP contribution in [0.15, 0.2) is 30.5 Å². The molecule has 2 fully saturated rings. The molecule has 8 nitrogen and oxygen atoms in total. The lowest BCUT2D eigenvalue weighted by Crippen LogP contribution is -2.50. The van der Waals surface area contributed by atoms with Crippen LogP contribution < -0.4 is 15.5 Å². The molecule has 1 unspecified atom stereocenters. The summed E-state index contributed by atoms with van der Waals surface area (Å²) in [4.78, 5) is 41.2. The maximum Gasteiger partial charge on any atom is 0.322 e. The van der Waals surface area contributed by atoms with E-state index in [0.717, 1.165) is 37.6 Å². The Morgan fingerprint density at radius 2 is 1.73 bits per heavy atom. The van der Waals surface area contributed by atoms with Crippen molar-refractivity contribution in [2.45, 2.75) is 51.2 Å². The second kappa shape index (κ2) is 9.81. The molecule has 0 saturated carbocycles. The first-order chi connectivity index (χ1) is 15.4. The maximum atomic E-state index is 12.6. The summed E-state index contributed by atoms with van der Waals surface area (Å²) in [6.45, 7) is 12.4. The van der Waals surface area contributed by atoms with Crippen molar-refractivity contribution in [3.8, 4) is 0 Å². The van der Waals surface area contributed by atoms with Crippen LogP contribution in [0.3, 0.4) is 0 Å². The standard InChI is InChI=1S/C23H30Cl2N4O4/c1-15(28-7-9-29(10-8-28)18-12-16(24)11-17(25)13-18)5-6-23(20(31)26-21(32)27-23)14-19(30)33-22(2,3)4/h11-13H,1,5-10,14H2,2-4H3,(H2,26,27,31,32). The molecule has 2 saturated heterocycles. The molecule has 0 radical (unpaired) electrons. The van der Waals surface area contributed by atoms with E-state index in [4.69, 9.17) is 27.9 Å². The van der Waals surface area contributed by atoms with Crippen molar-refractivity contribution in [2.75, 3.05) is 31.1 Å². The molecule has 0 spiro atoms. The lowest BCUT2D eigenvalue weighted by molar-refractivity contribution is -0.157. The second-order valence-electron chi connectivity index (χ2n) is 9.42. The highest BCUT2D eigenvalue weighted by molar-refractivity contribution is 6.35. The van der Waals surface area contributed by atoms with E-state index >= 15 is 0 Å². The average Bonchev–Trinajstić information content (AvgIpc) is 2.97. The van der Waals surface area contributed by atoms with Crippen molar-refractivity contribution < 1.29 is 19.1 Å². The van der Waals surface area contributed by atoms with Crippen LogP contribution in [0, 0.1) is 0 Å². The first-order valence-corrected chi connectivity index (χ1v) is 11.6. The minimum Gasteiger partial charge on any atom is -0.460 e. The Balaban J connectivity index is 1.59. The van der Waals surface area contributed by atoms with E-state index in [2.05, 4.69) is 27.0 Å². The number of carbonyl (C=O) groups excluding carboxylic acids is 3. The SMILES string of the molecule is C=C(CCC1(CC(=O)OC(C)(C)C)NC(=O)NC1=O)N1CCN(c2cc(Cl)cc(Cl)c2)CC1. The zero-order valence-corrected chi connectivity index (χ0v) is 20.7. The number of carbonyl (C=O) groups is 3. The van der Waals surface area contributed by atoms with Gasteiger partial charge in [0, 0.05) is 47.6 Å². The quantitative estimate of drug-likeness (QED) is 0.441. The third kappa shape index (κ3) is 6.54. The fourth-order valence-electron chi connectivity index (χ4n) is 4.06. The number of ether oxygens (including phenoxy) is 1. The van der Waals surface area contributed by atoms with Gasteiger partial charge in [0.1, 0.15) is 11.1 Å². The molecule has 2 aliphatic heterocycles. The topological polar surface area (TPSA) is 91.0 Å². The molecule has 1 aromatic rings. The Morgan fingerprint density at radius 3 is 2.24 bits per heavy atom. The van der Waals surface area contributed by atoms with Gasteiger partial charge in [-0.3, -0.25) is 14.9 Å². The molecule has 2 heterocycles. The molecule has 33 heavy (non-hydrogen) atoms. The normalized spacial score (nSPS) is 21.0. The number of halogens is 2. The summed E-state index contributed by atoms with van der Waals surface area (Å²) in [5, 5.41) is 6.07. The molecule has 180 valence electrons. The third-order valence-corrected chi connectivity index (χ3v) is 6.10. The van der Waals surface area contributed by atoms with E-state index in [-0.39, 0.29) is 12.8 Å². The van der Waals surface area contributed by atoms with Crippen LogP contribution in [0.2, 0.25) is 10.0 Å². The molecule has 3 rings (SSSR count). The van der Waals surface area contributed by atoms with E-state index in [0.29, 0.717) is 16.5 Å². The van der Waals surface area contributed by atoms with Crippen molar-refractivity contribution in [1.29, 1.82) is 0 Å². The number of esters is 1. The summed E-state index contributed by atoms with van der Waals surface area (Å²) in [6.07, 6.45) is 0.449. The number of hydrogen-bond acceptors (Lipinski definition) is 6. The third-order valence-electron chi connectivity index (χ3n) is 5.66. The number of imide groups is 1. The van der Waals surface area contributed by atoms with Crippen LogP contribution in [0.1, 0.15) is 40.0 Å². The molecule has 2 aliphatic rings. The van der Waals surface area contributed by atoms with E-state index in [1.165, 1.54) is 0 Å². The first kappa shape index (κ1) is 25.2.